The van der Waals surface area contributed by atoms with Crippen LogP contribution in [0.4, 0.5) is 0 Å². The Morgan fingerprint density at radius 3 is 2.33 bits per heavy atom. The lowest BCUT2D eigenvalue weighted by atomic mass is 10.3. The molecule has 0 saturated carbocycles. The lowest BCUT2D eigenvalue weighted by Gasteiger charge is -2.19. The van der Waals surface area contributed by atoms with Crippen LogP contribution in [0.3, 0.4) is 0 Å². The van der Waals surface area contributed by atoms with Crippen molar-refractivity contribution in [1.82, 2.24) is 4.90 Å². The van der Waals surface area contributed by atoms with Crippen LogP contribution < -0.4 is 9.47 Å². The fourth-order valence-electron chi connectivity index (χ4n) is 1.68. The summed E-state index contributed by atoms with van der Waals surface area (Å²) in [6.07, 6.45) is 1.18. The molecule has 0 atom stereocenters. The maximum absolute atomic E-state index is 5.71. The Kier molecular flexibility index (Phi) is 7.85. The first-order valence-electron chi connectivity index (χ1n) is 6.35. The van der Waals surface area contributed by atoms with E-state index in [9.17, 15) is 0 Å². The standard InChI is InChI=1S/C14H22BrNO2/c1-3-16(10-4-9-15)11-12-18-14-7-5-13(17-2)6-8-14/h5-8H,3-4,9-12H2,1-2H3. The minimum Gasteiger partial charge on any atom is -0.497 e. The number of rotatable bonds is 9. The zero-order chi connectivity index (χ0) is 13.2. The molecule has 0 saturated heterocycles. The maximum Gasteiger partial charge on any atom is 0.119 e. The molecular weight excluding hydrogens is 294 g/mol. The van der Waals surface area contributed by atoms with Gasteiger partial charge in [-0.1, -0.05) is 22.9 Å². The number of hydrogen-bond donors (Lipinski definition) is 0. The molecule has 0 amide bonds. The number of alkyl halides is 1. The molecule has 1 rings (SSSR count). The van der Waals surface area contributed by atoms with Gasteiger partial charge in [-0.3, -0.25) is 0 Å². The van der Waals surface area contributed by atoms with Gasteiger partial charge in [0.15, 0.2) is 0 Å². The highest BCUT2D eigenvalue weighted by atomic mass is 79.9. The molecule has 0 N–H and O–H groups in total. The second-order valence-corrected chi connectivity index (χ2v) is 4.79. The topological polar surface area (TPSA) is 21.7 Å². The highest BCUT2D eigenvalue weighted by Gasteiger charge is 2.02. The van der Waals surface area contributed by atoms with E-state index in [-0.39, 0.29) is 0 Å². The van der Waals surface area contributed by atoms with Crippen molar-refractivity contribution < 1.29 is 9.47 Å². The largest absolute Gasteiger partial charge is 0.497 e. The van der Waals surface area contributed by atoms with Crippen molar-refractivity contribution in [2.45, 2.75) is 13.3 Å². The van der Waals surface area contributed by atoms with E-state index in [0.29, 0.717) is 0 Å². The smallest absolute Gasteiger partial charge is 0.119 e. The molecule has 0 unspecified atom stereocenters. The van der Waals surface area contributed by atoms with Crippen LogP contribution >= 0.6 is 15.9 Å². The van der Waals surface area contributed by atoms with Gasteiger partial charge >= 0.3 is 0 Å². The van der Waals surface area contributed by atoms with Crippen molar-refractivity contribution in [3.63, 3.8) is 0 Å². The van der Waals surface area contributed by atoms with Gasteiger partial charge in [0.1, 0.15) is 18.1 Å². The third kappa shape index (κ3) is 5.74. The van der Waals surface area contributed by atoms with E-state index in [2.05, 4.69) is 27.8 Å². The van der Waals surface area contributed by atoms with Crippen LogP contribution in [0.1, 0.15) is 13.3 Å². The van der Waals surface area contributed by atoms with E-state index in [1.807, 2.05) is 24.3 Å². The van der Waals surface area contributed by atoms with Crippen LogP contribution in [0.15, 0.2) is 24.3 Å². The molecule has 0 heterocycles. The average molecular weight is 316 g/mol. The summed E-state index contributed by atoms with van der Waals surface area (Å²) in [6, 6.07) is 7.71. The predicted octanol–water partition coefficient (Wildman–Crippen LogP) is 3.18. The van der Waals surface area contributed by atoms with Gasteiger partial charge in [0.2, 0.25) is 0 Å². The van der Waals surface area contributed by atoms with Crippen molar-refractivity contribution in [3.05, 3.63) is 24.3 Å². The van der Waals surface area contributed by atoms with E-state index in [0.717, 1.165) is 43.1 Å². The summed E-state index contributed by atoms with van der Waals surface area (Å²) in [5, 5.41) is 1.06. The third-order valence-electron chi connectivity index (χ3n) is 2.79. The fraction of sp³-hybridized carbons (Fsp3) is 0.571. The molecule has 3 nitrogen and oxygen atoms in total. The molecule has 0 radical (unpaired) electrons. The van der Waals surface area contributed by atoms with Crippen molar-refractivity contribution >= 4 is 15.9 Å². The molecule has 4 heteroatoms. The van der Waals surface area contributed by atoms with Gasteiger partial charge in [-0.2, -0.15) is 0 Å². The average Bonchev–Trinajstić information content (AvgIpc) is 2.43. The van der Waals surface area contributed by atoms with Crippen LogP contribution in [0.5, 0.6) is 11.5 Å². The number of benzene rings is 1. The molecule has 102 valence electrons. The number of nitrogens with zero attached hydrogens (tertiary/aromatic N) is 1. The van der Waals surface area contributed by atoms with E-state index >= 15 is 0 Å². The molecule has 0 aliphatic rings. The third-order valence-corrected chi connectivity index (χ3v) is 3.35. The van der Waals surface area contributed by atoms with Gasteiger partial charge in [0.05, 0.1) is 7.11 Å². The SMILES string of the molecule is CCN(CCCBr)CCOc1ccc(OC)cc1. The van der Waals surface area contributed by atoms with Crippen LogP contribution in [0.25, 0.3) is 0 Å². The Morgan fingerprint density at radius 1 is 1.11 bits per heavy atom. The summed E-state index contributed by atoms with van der Waals surface area (Å²) in [5.74, 6) is 1.75. The summed E-state index contributed by atoms with van der Waals surface area (Å²) in [5.41, 5.74) is 0. The normalized spacial score (nSPS) is 10.7. The molecular formula is C14H22BrNO2. The number of ether oxygens (including phenoxy) is 2. The first-order valence-corrected chi connectivity index (χ1v) is 7.47. The van der Waals surface area contributed by atoms with Gasteiger partial charge in [-0.15, -0.1) is 0 Å². The Hall–Kier alpha value is -0.740. The summed E-state index contributed by atoms with van der Waals surface area (Å²) >= 11 is 3.46. The van der Waals surface area contributed by atoms with Crippen LogP contribution in [0.2, 0.25) is 0 Å². The number of halogens is 1. The molecule has 0 spiro atoms. The lowest BCUT2D eigenvalue weighted by molar-refractivity contribution is 0.216. The van der Waals surface area contributed by atoms with Gasteiger partial charge in [0, 0.05) is 11.9 Å². The van der Waals surface area contributed by atoms with E-state index in [1.54, 1.807) is 7.11 Å². The molecule has 0 aliphatic heterocycles. The minimum atomic E-state index is 0.725. The Labute approximate surface area is 118 Å². The van der Waals surface area contributed by atoms with Gasteiger partial charge in [-0.25, -0.2) is 0 Å². The molecule has 0 aliphatic carbocycles. The molecule has 0 aromatic heterocycles. The molecule has 1 aromatic carbocycles. The first-order chi connectivity index (χ1) is 8.80. The zero-order valence-electron chi connectivity index (χ0n) is 11.2. The summed E-state index contributed by atoms with van der Waals surface area (Å²) < 4.78 is 10.8. The summed E-state index contributed by atoms with van der Waals surface area (Å²) in [4.78, 5) is 2.39. The van der Waals surface area contributed by atoms with E-state index < -0.39 is 0 Å². The molecule has 1 aromatic rings. The molecule has 0 fully saturated rings. The first kappa shape index (κ1) is 15.3. The van der Waals surface area contributed by atoms with Crippen LogP contribution in [-0.4, -0.2) is 43.6 Å². The zero-order valence-corrected chi connectivity index (χ0v) is 12.8. The quantitative estimate of drug-likeness (QED) is 0.653. The van der Waals surface area contributed by atoms with Crippen molar-refractivity contribution in [2.75, 3.05) is 38.7 Å². The predicted molar refractivity (Wildman–Crippen MR) is 79.0 cm³/mol. The Morgan fingerprint density at radius 2 is 1.78 bits per heavy atom. The van der Waals surface area contributed by atoms with Gasteiger partial charge in [-0.05, 0) is 43.8 Å². The summed E-state index contributed by atoms with van der Waals surface area (Å²) in [6.45, 7) is 6.06. The second kappa shape index (κ2) is 9.22. The Bertz CT molecular complexity index is 316. The number of methoxy groups -OCH3 is 1. The second-order valence-electron chi connectivity index (χ2n) is 4.00. The summed E-state index contributed by atoms with van der Waals surface area (Å²) in [7, 11) is 1.67. The van der Waals surface area contributed by atoms with Gasteiger partial charge in [0.25, 0.3) is 0 Å². The fourth-order valence-corrected chi connectivity index (χ4v) is 1.93. The van der Waals surface area contributed by atoms with Crippen LogP contribution in [0, 0.1) is 0 Å². The monoisotopic (exact) mass is 315 g/mol. The van der Waals surface area contributed by atoms with Crippen molar-refractivity contribution in [3.8, 4) is 11.5 Å². The van der Waals surface area contributed by atoms with Crippen molar-refractivity contribution in [2.24, 2.45) is 0 Å². The number of likely N-dealkylation sites (N-methyl/N-ethyl adjacent to an activating group) is 1. The Balaban J connectivity index is 2.26. The lowest BCUT2D eigenvalue weighted by Crippen LogP contribution is -2.29. The van der Waals surface area contributed by atoms with Crippen LogP contribution in [-0.2, 0) is 0 Å². The highest BCUT2D eigenvalue weighted by Crippen LogP contribution is 2.16. The molecule has 18 heavy (non-hydrogen) atoms. The molecule has 0 bridgehead atoms. The number of hydrogen-bond acceptors (Lipinski definition) is 3. The maximum atomic E-state index is 5.71. The van der Waals surface area contributed by atoms with E-state index in [1.165, 1.54) is 6.42 Å². The highest BCUT2D eigenvalue weighted by molar-refractivity contribution is 9.09. The van der Waals surface area contributed by atoms with Crippen molar-refractivity contribution in [1.29, 1.82) is 0 Å². The van der Waals surface area contributed by atoms with E-state index in [4.69, 9.17) is 9.47 Å². The van der Waals surface area contributed by atoms with Gasteiger partial charge < -0.3 is 14.4 Å². The minimum absolute atomic E-state index is 0.725.